The largest absolute Gasteiger partial charge is 0.314 e. The van der Waals surface area contributed by atoms with Crippen LogP contribution >= 0.6 is 0 Å². The molecule has 0 aromatic heterocycles. The van der Waals surface area contributed by atoms with Gasteiger partial charge in [0, 0.05) is 12.5 Å². The van der Waals surface area contributed by atoms with Crippen molar-refractivity contribution in [1.29, 1.82) is 0 Å². The van der Waals surface area contributed by atoms with E-state index in [1.54, 1.807) is 6.92 Å². The summed E-state index contributed by atoms with van der Waals surface area (Å²) >= 11 is 0. The molecule has 1 rings (SSSR count). The fourth-order valence-electron chi connectivity index (χ4n) is 1.45. The van der Waals surface area contributed by atoms with E-state index in [1.165, 1.54) is 19.3 Å². The third kappa shape index (κ3) is 5.30. The van der Waals surface area contributed by atoms with Crippen LogP contribution in [0.1, 0.15) is 46.5 Å². The summed E-state index contributed by atoms with van der Waals surface area (Å²) in [7, 11) is 0. The summed E-state index contributed by atoms with van der Waals surface area (Å²) < 4.78 is 0. The molecule has 0 aromatic rings. The molecular weight excluding hydrogens is 150 g/mol. The molecular formula is C10H21NO. The zero-order chi connectivity index (χ0) is 9.40. The number of rotatable bonds is 2. The number of nitrogens with one attached hydrogen (secondary N) is 1. The normalized spacial score (nSPS) is 22.4. The zero-order valence-electron chi connectivity index (χ0n) is 8.52. The third-order valence-electron chi connectivity index (χ3n) is 1.95. The predicted molar refractivity (Wildman–Crippen MR) is 52.3 cm³/mol. The Bertz CT molecular complexity index is 117. The van der Waals surface area contributed by atoms with Crippen molar-refractivity contribution in [1.82, 2.24) is 5.32 Å². The molecule has 1 heterocycles. The maximum Gasteiger partial charge on any atom is 0.131 e. The molecule has 72 valence electrons. The molecule has 0 radical (unpaired) electrons. The molecule has 1 saturated heterocycles. The SMILES string of the molecule is CC.CC(=O)CC1CCCCN1. The van der Waals surface area contributed by atoms with Crippen molar-refractivity contribution >= 4 is 5.78 Å². The van der Waals surface area contributed by atoms with Gasteiger partial charge in [0.15, 0.2) is 0 Å². The lowest BCUT2D eigenvalue weighted by atomic mass is 10.0. The maximum absolute atomic E-state index is 10.7. The van der Waals surface area contributed by atoms with Crippen LogP contribution in [-0.2, 0) is 4.79 Å². The number of Topliss-reactive ketones (excluding diaryl/α,β-unsaturated/α-hetero) is 1. The fourth-order valence-corrected chi connectivity index (χ4v) is 1.45. The van der Waals surface area contributed by atoms with E-state index in [1.807, 2.05) is 13.8 Å². The number of hydrogen-bond donors (Lipinski definition) is 1. The highest BCUT2D eigenvalue weighted by Gasteiger charge is 2.13. The summed E-state index contributed by atoms with van der Waals surface area (Å²) in [6.45, 7) is 6.76. The van der Waals surface area contributed by atoms with Crippen molar-refractivity contribution in [2.24, 2.45) is 0 Å². The standard InChI is InChI=1S/C8H15NO.C2H6/c1-7(10)6-8-4-2-3-5-9-8;1-2/h8-9H,2-6H2,1H3;1-2H3. The van der Waals surface area contributed by atoms with Crippen LogP contribution in [-0.4, -0.2) is 18.4 Å². The molecule has 1 aliphatic rings. The van der Waals surface area contributed by atoms with E-state index < -0.39 is 0 Å². The highest BCUT2D eigenvalue weighted by molar-refractivity contribution is 5.76. The topological polar surface area (TPSA) is 29.1 Å². The summed E-state index contributed by atoms with van der Waals surface area (Å²) in [5.74, 6) is 0.305. The van der Waals surface area contributed by atoms with Gasteiger partial charge in [-0.15, -0.1) is 0 Å². The number of piperidine rings is 1. The Morgan fingerprint density at radius 2 is 2.08 bits per heavy atom. The Morgan fingerprint density at radius 3 is 2.50 bits per heavy atom. The molecule has 1 unspecified atom stereocenters. The van der Waals surface area contributed by atoms with Gasteiger partial charge >= 0.3 is 0 Å². The second kappa shape index (κ2) is 7.29. The van der Waals surface area contributed by atoms with Crippen LogP contribution in [0.3, 0.4) is 0 Å². The minimum atomic E-state index is 0.305. The summed E-state index contributed by atoms with van der Waals surface area (Å²) in [6.07, 6.45) is 4.46. The fraction of sp³-hybridized carbons (Fsp3) is 0.900. The van der Waals surface area contributed by atoms with Gasteiger partial charge in [-0.2, -0.15) is 0 Å². The summed E-state index contributed by atoms with van der Waals surface area (Å²) in [6, 6.07) is 0.478. The Hall–Kier alpha value is -0.370. The molecule has 0 aromatic carbocycles. The molecule has 2 heteroatoms. The molecule has 1 aliphatic heterocycles. The van der Waals surface area contributed by atoms with Crippen LogP contribution < -0.4 is 5.32 Å². The number of carbonyl (C=O) groups excluding carboxylic acids is 1. The van der Waals surface area contributed by atoms with Crippen molar-refractivity contribution in [2.75, 3.05) is 6.54 Å². The van der Waals surface area contributed by atoms with Crippen LogP contribution in [0.5, 0.6) is 0 Å². The highest BCUT2D eigenvalue weighted by Crippen LogP contribution is 2.09. The second-order valence-corrected chi connectivity index (χ2v) is 3.05. The average molecular weight is 171 g/mol. The lowest BCUT2D eigenvalue weighted by Gasteiger charge is -2.21. The van der Waals surface area contributed by atoms with Crippen molar-refractivity contribution in [2.45, 2.75) is 52.5 Å². The molecule has 1 fully saturated rings. The van der Waals surface area contributed by atoms with E-state index in [2.05, 4.69) is 5.32 Å². The number of hydrogen-bond acceptors (Lipinski definition) is 2. The van der Waals surface area contributed by atoms with Crippen molar-refractivity contribution in [3.05, 3.63) is 0 Å². The van der Waals surface area contributed by atoms with Gasteiger partial charge in [-0.25, -0.2) is 0 Å². The van der Waals surface area contributed by atoms with Gasteiger partial charge in [0.05, 0.1) is 0 Å². The monoisotopic (exact) mass is 171 g/mol. The summed E-state index contributed by atoms with van der Waals surface area (Å²) in [5.41, 5.74) is 0. The van der Waals surface area contributed by atoms with E-state index in [-0.39, 0.29) is 0 Å². The molecule has 0 amide bonds. The molecule has 0 bridgehead atoms. The quantitative estimate of drug-likeness (QED) is 0.689. The smallest absolute Gasteiger partial charge is 0.131 e. The first-order valence-electron chi connectivity index (χ1n) is 5.02. The highest BCUT2D eigenvalue weighted by atomic mass is 16.1. The molecule has 0 saturated carbocycles. The Morgan fingerprint density at radius 1 is 1.42 bits per heavy atom. The Kier molecular flexibility index (Phi) is 7.06. The summed E-state index contributed by atoms with van der Waals surface area (Å²) in [4.78, 5) is 10.7. The van der Waals surface area contributed by atoms with E-state index in [9.17, 15) is 4.79 Å². The van der Waals surface area contributed by atoms with Gasteiger partial charge in [0.1, 0.15) is 5.78 Å². The molecule has 2 nitrogen and oxygen atoms in total. The first-order valence-corrected chi connectivity index (χ1v) is 5.02. The molecule has 0 spiro atoms. The van der Waals surface area contributed by atoms with E-state index in [0.29, 0.717) is 11.8 Å². The Labute approximate surface area is 75.7 Å². The zero-order valence-corrected chi connectivity index (χ0v) is 8.52. The van der Waals surface area contributed by atoms with Crippen LogP contribution in [0, 0.1) is 0 Å². The van der Waals surface area contributed by atoms with Crippen LogP contribution in [0.2, 0.25) is 0 Å². The van der Waals surface area contributed by atoms with Gasteiger partial charge < -0.3 is 5.32 Å². The number of ketones is 1. The van der Waals surface area contributed by atoms with Crippen molar-refractivity contribution < 1.29 is 4.79 Å². The lowest BCUT2D eigenvalue weighted by molar-refractivity contribution is -0.117. The van der Waals surface area contributed by atoms with Gasteiger partial charge in [-0.05, 0) is 26.3 Å². The lowest BCUT2D eigenvalue weighted by Crippen LogP contribution is -2.35. The van der Waals surface area contributed by atoms with Gasteiger partial charge in [0.2, 0.25) is 0 Å². The van der Waals surface area contributed by atoms with Gasteiger partial charge in [-0.1, -0.05) is 20.3 Å². The summed E-state index contributed by atoms with van der Waals surface area (Å²) in [5, 5.41) is 3.33. The van der Waals surface area contributed by atoms with Crippen molar-refractivity contribution in [3.63, 3.8) is 0 Å². The van der Waals surface area contributed by atoms with E-state index in [4.69, 9.17) is 0 Å². The maximum atomic E-state index is 10.7. The molecule has 1 atom stereocenters. The molecule has 12 heavy (non-hydrogen) atoms. The van der Waals surface area contributed by atoms with Crippen LogP contribution in [0.15, 0.2) is 0 Å². The van der Waals surface area contributed by atoms with Crippen LogP contribution in [0.25, 0.3) is 0 Å². The van der Waals surface area contributed by atoms with Gasteiger partial charge in [0.25, 0.3) is 0 Å². The minimum Gasteiger partial charge on any atom is -0.314 e. The van der Waals surface area contributed by atoms with Crippen molar-refractivity contribution in [3.8, 4) is 0 Å². The predicted octanol–water partition coefficient (Wildman–Crippen LogP) is 2.13. The van der Waals surface area contributed by atoms with E-state index in [0.717, 1.165) is 13.0 Å². The first-order chi connectivity index (χ1) is 5.79. The van der Waals surface area contributed by atoms with Gasteiger partial charge in [-0.3, -0.25) is 4.79 Å². The average Bonchev–Trinajstić information content (AvgIpc) is 2.08. The molecule has 0 aliphatic carbocycles. The minimum absolute atomic E-state index is 0.305. The second-order valence-electron chi connectivity index (χ2n) is 3.05. The van der Waals surface area contributed by atoms with E-state index >= 15 is 0 Å². The molecule has 1 N–H and O–H groups in total. The third-order valence-corrected chi connectivity index (χ3v) is 1.95. The van der Waals surface area contributed by atoms with Crippen LogP contribution in [0.4, 0.5) is 0 Å². The number of carbonyl (C=O) groups is 1. The first kappa shape index (κ1) is 11.6. The Balaban J connectivity index is 0.000000561.